The number of aliphatic hydroxyl groups is 1. The van der Waals surface area contributed by atoms with Crippen LogP contribution in [0.4, 0.5) is 5.69 Å². The lowest BCUT2D eigenvalue weighted by molar-refractivity contribution is 0.288. The molecular weight excluding hydrogens is 190 g/mol. The van der Waals surface area contributed by atoms with Crippen molar-refractivity contribution in [2.45, 2.75) is 12.8 Å². The molecular formula is C12H19NO2. The maximum absolute atomic E-state index is 8.84. The number of nitrogens with zero attached hydrogens (tertiary/aromatic N) is 1. The topological polar surface area (TPSA) is 32.7 Å². The number of hydrogen-bond acceptors (Lipinski definition) is 3. The van der Waals surface area contributed by atoms with E-state index < -0.39 is 0 Å². The molecule has 1 aromatic rings. The van der Waals surface area contributed by atoms with Gasteiger partial charge in [-0.3, -0.25) is 0 Å². The molecule has 0 aliphatic rings. The molecule has 0 aromatic heterocycles. The van der Waals surface area contributed by atoms with Crippen molar-refractivity contribution in [3.8, 4) is 5.75 Å². The van der Waals surface area contributed by atoms with E-state index in [0.717, 1.165) is 18.6 Å². The summed E-state index contributed by atoms with van der Waals surface area (Å²) in [6.45, 7) is 0.226. The van der Waals surface area contributed by atoms with Crippen LogP contribution in [-0.2, 0) is 6.42 Å². The Morgan fingerprint density at radius 2 is 2.07 bits per heavy atom. The SMILES string of the molecule is COc1ccc(N(C)C)c(CCCO)c1. The molecule has 3 nitrogen and oxygen atoms in total. The second-order valence-corrected chi connectivity index (χ2v) is 3.72. The standard InChI is InChI=1S/C12H19NO2/c1-13(2)12-7-6-11(15-3)9-10(12)5-4-8-14/h6-7,9,14H,4-5,8H2,1-3H3. The highest BCUT2D eigenvalue weighted by atomic mass is 16.5. The lowest BCUT2D eigenvalue weighted by Crippen LogP contribution is -2.11. The molecule has 1 rings (SSSR count). The Balaban J connectivity index is 2.94. The molecule has 0 fully saturated rings. The Labute approximate surface area is 91.3 Å². The normalized spacial score (nSPS) is 10.1. The van der Waals surface area contributed by atoms with Crippen molar-refractivity contribution in [2.75, 3.05) is 32.7 Å². The van der Waals surface area contributed by atoms with Gasteiger partial charge in [-0.15, -0.1) is 0 Å². The van der Waals surface area contributed by atoms with Crippen LogP contribution in [0.1, 0.15) is 12.0 Å². The van der Waals surface area contributed by atoms with Crippen molar-refractivity contribution in [1.82, 2.24) is 0 Å². The first-order valence-electron chi connectivity index (χ1n) is 5.14. The van der Waals surface area contributed by atoms with Crippen LogP contribution >= 0.6 is 0 Å². The number of benzene rings is 1. The lowest BCUT2D eigenvalue weighted by Gasteiger charge is -2.18. The van der Waals surface area contributed by atoms with E-state index in [1.807, 2.05) is 32.3 Å². The second-order valence-electron chi connectivity index (χ2n) is 3.72. The number of hydrogen-bond donors (Lipinski definition) is 1. The lowest BCUT2D eigenvalue weighted by atomic mass is 10.1. The number of rotatable bonds is 5. The third-order valence-electron chi connectivity index (χ3n) is 2.37. The highest BCUT2D eigenvalue weighted by molar-refractivity contribution is 5.55. The van der Waals surface area contributed by atoms with E-state index in [1.54, 1.807) is 7.11 Å². The molecule has 1 N–H and O–H groups in total. The minimum absolute atomic E-state index is 0.226. The molecule has 0 spiro atoms. The zero-order valence-electron chi connectivity index (χ0n) is 9.66. The van der Waals surface area contributed by atoms with Gasteiger partial charge in [-0.05, 0) is 36.6 Å². The van der Waals surface area contributed by atoms with Gasteiger partial charge in [0.15, 0.2) is 0 Å². The van der Waals surface area contributed by atoms with Crippen LogP contribution in [0.15, 0.2) is 18.2 Å². The molecule has 0 bridgehead atoms. The third-order valence-corrected chi connectivity index (χ3v) is 2.37. The van der Waals surface area contributed by atoms with Gasteiger partial charge in [0.05, 0.1) is 7.11 Å². The molecule has 0 unspecified atom stereocenters. The van der Waals surface area contributed by atoms with Crippen molar-refractivity contribution >= 4 is 5.69 Å². The summed E-state index contributed by atoms with van der Waals surface area (Å²) in [6.07, 6.45) is 1.66. The van der Waals surface area contributed by atoms with E-state index in [1.165, 1.54) is 11.3 Å². The van der Waals surface area contributed by atoms with Gasteiger partial charge < -0.3 is 14.7 Å². The Hall–Kier alpha value is -1.22. The van der Waals surface area contributed by atoms with E-state index in [2.05, 4.69) is 4.90 Å². The summed E-state index contributed by atoms with van der Waals surface area (Å²) in [7, 11) is 5.70. The summed E-state index contributed by atoms with van der Waals surface area (Å²) >= 11 is 0. The summed E-state index contributed by atoms with van der Waals surface area (Å²) < 4.78 is 5.19. The van der Waals surface area contributed by atoms with E-state index in [9.17, 15) is 0 Å². The van der Waals surface area contributed by atoms with Crippen molar-refractivity contribution in [3.05, 3.63) is 23.8 Å². The van der Waals surface area contributed by atoms with E-state index in [-0.39, 0.29) is 6.61 Å². The van der Waals surface area contributed by atoms with Gasteiger partial charge in [-0.1, -0.05) is 0 Å². The molecule has 15 heavy (non-hydrogen) atoms. The molecule has 0 saturated heterocycles. The highest BCUT2D eigenvalue weighted by Gasteiger charge is 2.05. The Kier molecular flexibility index (Phi) is 4.43. The zero-order chi connectivity index (χ0) is 11.3. The van der Waals surface area contributed by atoms with Crippen LogP contribution in [0.3, 0.4) is 0 Å². The van der Waals surface area contributed by atoms with Crippen LogP contribution in [-0.4, -0.2) is 32.9 Å². The monoisotopic (exact) mass is 209 g/mol. The molecule has 0 atom stereocenters. The van der Waals surface area contributed by atoms with Crippen LogP contribution in [0, 0.1) is 0 Å². The predicted octanol–water partition coefficient (Wildman–Crippen LogP) is 1.69. The van der Waals surface area contributed by atoms with Crippen molar-refractivity contribution in [1.29, 1.82) is 0 Å². The highest BCUT2D eigenvalue weighted by Crippen LogP contribution is 2.25. The molecule has 0 saturated carbocycles. The number of methoxy groups -OCH3 is 1. The Bertz CT molecular complexity index is 310. The minimum atomic E-state index is 0.226. The molecule has 0 aliphatic carbocycles. The first-order valence-corrected chi connectivity index (χ1v) is 5.14. The summed E-state index contributed by atoms with van der Waals surface area (Å²) in [4.78, 5) is 2.08. The largest absolute Gasteiger partial charge is 0.497 e. The van der Waals surface area contributed by atoms with Crippen molar-refractivity contribution < 1.29 is 9.84 Å². The predicted molar refractivity (Wildman–Crippen MR) is 62.7 cm³/mol. The average Bonchev–Trinajstić information content (AvgIpc) is 2.25. The second kappa shape index (κ2) is 5.61. The fourth-order valence-electron chi connectivity index (χ4n) is 1.59. The van der Waals surface area contributed by atoms with Crippen LogP contribution in [0.2, 0.25) is 0 Å². The fourth-order valence-corrected chi connectivity index (χ4v) is 1.59. The van der Waals surface area contributed by atoms with Crippen LogP contribution in [0.5, 0.6) is 5.75 Å². The van der Waals surface area contributed by atoms with Crippen molar-refractivity contribution in [2.24, 2.45) is 0 Å². The summed E-state index contributed by atoms with van der Waals surface area (Å²) in [5.41, 5.74) is 2.40. The van der Waals surface area contributed by atoms with Crippen LogP contribution in [0.25, 0.3) is 0 Å². The van der Waals surface area contributed by atoms with Gasteiger partial charge in [0.1, 0.15) is 5.75 Å². The maximum Gasteiger partial charge on any atom is 0.119 e. The van der Waals surface area contributed by atoms with E-state index in [4.69, 9.17) is 9.84 Å². The Morgan fingerprint density at radius 3 is 2.60 bits per heavy atom. The number of ether oxygens (including phenoxy) is 1. The minimum Gasteiger partial charge on any atom is -0.497 e. The average molecular weight is 209 g/mol. The molecule has 0 aliphatic heterocycles. The first kappa shape index (κ1) is 11.9. The maximum atomic E-state index is 8.84. The number of aryl methyl sites for hydroxylation is 1. The smallest absolute Gasteiger partial charge is 0.119 e. The summed E-state index contributed by atoms with van der Waals surface area (Å²) in [5.74, 6) is 0.869. The van der Waals surface area contributed by atoms with Gasteiger partial charge in [0.2, 0.25) is 0 Å². The van der Waals surface area contributed by atoms with Gasteiger partial charge in [0.25, 0.3) is 0 Å². The Morgan fingerprint density at radius 1 is 1.33 bits per heavy atom. The molecule has 0 heterocycles. The quantitative estimate of drug-likeness (QED) is 0.801. The number of anilines is 1. The van der Waals surface area contributed by atoms with Gasteiger partial charge in [-0.25, -0.2) is 0 Å². The summed E-state index contributed by atoms with van der Waals surface area (Å²) in [6, 6.07) is 6.04. The van der Waals surface area contributed by atoms with Gasteiger partial charge in [-0.2, -0.15) is 0 Å². The van der Waals surface area contributed by atoms with Crippen LogP contribution < -0.4 is 9.64 Å². The number of aliphatic hydroxyl groups excluding tert-OH is 1. The van der Waals surface area contributed by atoms with E-state index in [0.29, 0.717) is 0 Å². The molecule has 3 heteroatoms. The molecule has 0 amide bonds. The zero-order valence-corrected chi connectivity index (χ0v) is 9.66. The molecule has 84 valence electrons. The molecule has 1 aromatic carbocycles. The summed E-state index contributed by atoms with van der Waals surface area (Å²) in [5, 5.41) is 8.84. The third kappa shape index (κ3) is 3.13. The van der Waals surface area contributed by atoms with E-state index >= 15 is 0 Å². The fraction of sp³-hybridized carbons (Fsp3) is 0.500. The van der Waals surface area contributed by atoms with Crippen molar-refractivity contribution in [3.63, 3.8) is 0 Å². The first-order chi connectivity index (χ1) is 7.19. The van der Waals surface area contributed by atoms with Gasteiger partial charge in [0, 0.05) is 26.4 Å². The van der Waals surface area contributed by atoms with Gasteiger partial charge >= 0.3 is 0 Å². The molecule has 0 radical (unpaired) electrons.